The zero-order chi connectivity index (χ0) is 13.0. The van der Waals surface area contributed by atoms with E-state index in [0.717, 1.165) is 6.54 Å². The summed E-state index contributed by atoms with van der Waals surface area (Å²) in [5.41, 5.74) is 2.56. The summed E-state index contributed by atoms with van der Waals surface area (Å²) in [6, 6.07) is 13.4. The van der Waals surface area contributed by atoms with Gasteiger partial charge in [0.2, 0.25) is 0 Å². The Kier molecular flexibility index (Phi) is 4.39. The third-order valence-electron chi connectivity index (χ3n) is 2.98. The maximum Gasteiger partial charge on any atom is 0.0670 e. The Morgan fingerprint density at radius 2 is 1.89 bits per heavy atom. The Hall–Kier alpha value is -1.32. The maximum atomic E-state index is 3.55. The summed E-state index contributed by atoms with van der Waals surface area (Å²) >= 11 is 1.80. The molecule has 1 atom stereocenters. The first kappa shape index (κ1) is 13.1. The Balaban J connectivity index is 2.26. The molecule has 0 spiro atoms. The van der Waals surface area contributed by atoms with E-state index in [2.05, 4.69) is 73.0 Å². The zero-order valence-electron chi connectivity index (χ0n) is 11.2. The van der Waals surface area contributed by atoms with E-state index in [-0.39, 0.29) is 0 Å². The van der Waals surface area contributed by atoms with Crippen molar-refractivity contribution in [2.75, 3.05) is 25.5 Å². The highest BCUT2D eigenvalue weighted by atomic mass is 32.1. The predicted molar refractivity (Wildman–Crippen MR) is 80.6 cm³/mol. The van der Waals surface area contributed by atoms with E-state index in [0.29, 0.717) is 6.04 Å². The molecule has 18 heavy (non-hydrogen) atoms. The van der Waals surface area contributed by atoms with E-state index in [9.17, 15) is 0 Å². The van der Waals surface area contributed by atoms with Crippen LogP contribution in [-0.2, 0) is 0 Å². The van der Waals surface area contributed by atoms with Gasteiger partial charge in [-0.25, -0.2) is 0 Å². The second-order valence-corrected chi connectivity index (χ2v) is 5.47. The van der Waals surface area contributed by atoms with Gasteiger partial charge < -0.3 is 10.2 Å². The van der Waals surface area contributed by atoms with Crippen LogP contribution >= 0.6 is 11.3 Å². The van der Waals surface area contributed by atoms with Crippen LogP contribution in [0, 0.1) is 0 Å². The number of hydrogen-bond donors (Lipinski definition) is 1. The normalized spacial score (nSPS) is 12.4. The van der Waals surface area contributed by atoms with Crippen molar-refractivity contribution in [2.45, 2.75) is 13.0 Å². The van der Waals surface area contributed by atoms with Crippen LogP contribution in [0.5, 0.6) is 0 Å². The van der Waals surface area contributed by atoms with Crippen LogP contribution < -0.4 is 10.2 Å². The summed E-state index contributed by atoms with van der Waals surface area (Å²) in [7, 11) is 4.13. The highest BCUT2D eigenvalue weighted by molar-refractivity contribution is 7.10. The van der Waals surface area contributed by atoms with Crippen molar-refractivity contribution >= 4 is 17.0 Å². The summed E-state index contributed by atoms with van der Waals surface area (Å²) < 4.78 is 0. The minimum Gasteiger partial charge on any atom is -0.378 e. The van der Waals surface area contributed by atoms with Crippen molar-refractivity contribution in [3.63, 3.8) is 0 Å². The molecule has 3 heteroatoms. The van der Waals surface area contributed by atoms with Crippen LogP contribution in [0.1, 0.15) is 23.4 Å². The molecular weight excluding hydrogens is 240 g/mol. The van der Waals surface area contributed by atoms with Crippen LogP contribution in [0.2, 0.25) is 0 Å². The van der Waals surface area contributed by atoms with Crippen LogP contribution in [0.3, 0.4) is 0 Å². The van der Waals surface area contributed by atoms with Crippen LogP contribution in [0.15, 0.2) is 41.8 Å². The van der Waals surface area contributed by atoms with Gasteiger partial charge in [-0.2, -0.15) is 0 Å². The van der Waals surface area contributed by atoms with Gasteiger partial charge in [-0.05, 0) is 35.7 Å². The lowest BCUT2D eigenvalue weighted by Gasteiger charge is -2.19. The SMILES string of the molecule is CCNC(c1ccc(N(C)C)cc1)c1cccs1. The number of hydrogen-bond acceptors (Lipinski definition) is 3. The van der Waals surface area contributed by atoms with Gasteiger partial charge in [-0.15, -0.1) is 11.3 Å². The first-order valence-electron chi connectivity index (χ1n) is 6.26. The monoisotopic (exact) mass is 260 g/mol. The number of benzene rings is 1. The summed E-state index contributed by atoms with van der Waals surface area (Å²) in [6.07, 6.45) is 0. The van der Waals surface area contributed by atoms with Gasteiger partial charge in [0.25, 0.3) is 0 Å². The average molecular weight is 260 g/mol. The highest BCUT2D eigenvalue weighted by Crippen LogP contribution is 2.27. The van der Waals surface area contributed by atoms with Gasteiger partial charge in [-0.3, -0.25) is 0 Å². The highest BCUT2D eigenvalue weighted by Gasteiger charge is 2.13. The fourth-order valence-corrected chi connectivity index (χ4v) is 2.83. The lowest BCUT2D eigenvalue weighted by molar-refractivity contribution is 0.640. The van der Waals surface area contributed by atoms with Gasteiger partial charge >= 0.3 is 0 Å². The molecule has 0 aliphatic heterocycles. The van der Waals surface area contributed by atoms with Gasteiger partial charge in [0.15, 0.2) is 0 Å². The van der Waals surface area contributed by atoms with Crippen molar-refractivity contribution in [1.29, 1.82) is 0 Å². The molecular formula is C15H20N2S. The first-order chi connectivity index (χ1) is 8.72. The minimum atomic E-state index is 0.311. The molecule has 1 heterocycles. The lowest BCUT2D eigenvalue weighted by atomic mass is 10.0. The van der Waals surface area contributed by atoms with Crippen LogP contribution in [-0.4, -0.2) is 20.6 Å². The summed E-state index contributed by atoms with van der Waals surface area (Å²) in [6.45, 7) is 3.12. The van der Waals surface area contributed by atoms with Gasteiger partial charge in [0.1, 0.15) is 0 Å². The second-order valence-electron chi connectivity index (χ2n) is 4.49. The minimum absolute atomic E-state index is 0.311. The molecule has 2 nitrogen and oxygen atoms in total. The predicted octanol–water partition coefficient (Wildman–Crippen LogP) is 3.51. The molecule has 96 valence electrons. The number of anilines is 1. The quantitative estimate of drug-likeness (QED) is 0.885. The molecule has 0 bridgehead atoms. The topological polar surface area (TPSA) is 15.3 Å². The van der Waals surface area contributed by atoms with E-state index in [1.165, 1.54) is 16.1 Å². The summed E-state index contributed by atoms with van der Waals surface area (Å²) in [5, 5.41) is 5.68. The van der Waals surface area contributed by atoms with Gasteiger partial charge in [0, 0.05) is 24.7 Å². The molecule has 2 aromatic rings. The molecule has 2 rings (SSSR count). The first-order valence-corrected chi connectivity index (χ1v) is 7.14. The third kappa shape index (κ3) is 2.92. The standard InChI is InChI=1S/C15H20N2S/c1-4-16-15(14-6-5-11-18-14)12-7-9-13(10-8-12)17(2)3/h5-11,15-16H,4H2,1-3H3. The van der Waals surface area contributed by atoms with E-state index < -0.39 is 0 Å². The summed E-state index contributed by atoms with van der Waals surface area (Å²) in [4.78, 5) is 3.49. The number of nitrogens with zero attached hydrogens (tertiary/aromatic N) is 1. The molecule has 0 fully saturated rings. The van der Waals surface area contributed by atoms with Crippen LogP contribution in [0.25, 0.3) is 0 Å². The smallest absolute Gasteiger partial charge is 0.0670 e. The van der Waals surface area contributed by atoms with Crippen molar-refractivity contribution in [3.8, 4) is 0 Å². The molecule has 1 aromatic carbocycles. The second kappa shape index (κ2) is 6.03. The lowest BCUT2D eigenvalue weighted by Crippen LogP contribution is -2.21. The molecule has 1 unspecified atom stereocenters. The maximum absolute atomic E-state index is 3.55. The number of rotatable bonds is 5. The van der Waals surface area contributed by atoms with Crippen molar-refractivity contribution in [2.24, 2.45) is 0 Å². The van der Waals surface area contributed by atoms with E-state index in [1.807, 2.05) is 0 Å². The fraction of sp³-hybridized carbons (Fsp3) is 0.333. The summed E-state index contributed by atoms with van der Waals surface area (Å²) in [5.74, 6) is 0. The fourth-order valence-electron chi connectivity index (χ4n) is 2.01. The largest absolute Gasteiger partial charge is 0.378 e. The molecule has 0 radical (unpaired) electrons. The van der Waals surface area contributed by atoms with Crippen molar-refractivity contribution in [3.05, 3.63) is 52.2 Å². The molecule has 0 amide bonds. The van der Waals surface area contributed by atoms with E-state index in [1.54, 1.807) is 11.3 Å². The Morgan fingerprint density at radius 1 is 1.17 bits per heavy atom. The molecule has 0 aliphatic rings. The Bertz CT molecular complexity index is 460. The number of nitrogens with one attached hydrogen (secondary N) is 1. The van der Waals surface area contributed by atoms with Crippen molar-refractivity contribution in [1.82, 2.24) is 5.32 Å². The Morgan fingerprint density at radius 3 is 2.39 bits per heavy atom. The average Bonchev–Trinajstić information content (AvgIpc) is 2.90. The number of thiophene rings is 1. The van der Waals surface area contributed by atoms with Gasteiger partial charge in [-0.1, -0.05) is 25.1 Å². The van der Waals surface area contributed by atoms with E-state index >= 15 is 0 Å². The molecule has 0 saturated carbocycles. The molecule has 0 aliphatic carbocycles. The molecule has 1 N–H and O–H groups in total. The van der Waals surface area contributed by atoms with E-state index in [4.69, 9.17) is 0 Å². The molecule has 0 saturated heterocycles. The Labute approximate surface area is 113 Å². The van der Waals surface area contributed by atoms with Crippen LogP contribution in [0.4, 0.5) is 5.69 Å². The molecule has 1 aromatic heterocycles. The van der Waals surface area contributed by atoms with Crippen molar-refractivity contribution < 1.29 is 0 Å². The zero-order valence-corrected chi connectivity index (χ0v) is 12.0. The van der Waals surface area contributed by atoms with Gasteiger partial charge in [0.05, 0.1) is 6.04 Å². The third-order valence-corrected chi connectivity index (χ3v) is 3.92.